The van der Waals surface area contributed by atoms with Crippen LogP contribution in [0.2, 0.25) is 0 Å². The maximum atomic E-state index is 12.8. The molecule has 1 saturated carbocycles. The van der Waals surface area contributed by atoms with Gasteiger partial charge in [0.15, 0.2) is 0 Å². The van der Waals surface area contributed by atoms with Crippen LogP contribution < -0.4 is 4.90 Å². The van der Waals surface area contributed by atoms with Gasteiger partial charge in [-0.3, -0.25) is 9.59 Å². The summed E-state index contributed by atoms with van der Waals surface area (Å²) >= 11 is 0. The topological polar surface area (TPSA) is 60.9 Å². The summed E-state index contributed by atoms with van der Waals surface area (Å²) in [4.78, 5) is 28.9. The maximum absolute atomic E-state index is 12.8. The van der Waals surface area contributed by atoms with Gasteiger partial charge in [-0.2, -0.15) is 0 Å². The Bertz CT molecular complexity index is 673. The SMILES string of the molecule is Cc1ccc(N2CCC(C(=O)N(C)CC3CCCC3O)C2=O)cc1C. The van der Waals surface area contributed by atoms with E-state index in [1.807, 2.05) is 32.0 Å². The normalized spacial score (nSPS) is 26.3. The summed E-state index contributed by atoms with van der Waals surface area (Å²) in [6, 6.07) is 5.98. The van der Waals surface area contributed by atoms with Crippen LogP contribution in [0.5, 0.6) is 0 Å². The monoisotopic (exact) mass is 344 g/mol. The number of nitrogens with zero attached hydrogens (tertiary/aromatic N) is 2. The Morgan fingerprint density at radius 3 is 2.64 bits per heavy atom. The largest absolute Gasteiger partial charge is 0.393 e. The highest BCUT2D eigenvalue weighted by Gasteiger charge is 2.40. The Morgan fingerprint density at radius 2 is 2.00 bits per heavy atom. The van der Waals surface area contributed by atoms with Crippen LogP contribution in [0, 0.1) is 25.7 Å². The van der Waals surface area contributed by atoms with Crippen molar-refractivity contribution >= 4 is 17.5 Å². The van der Waals surface area contributed by atoms with Crippen molar-refractivity contribution in [1.82, 2.24) is 4.90 Å². The molecule has 1 saturated heterocycles. The van der Waals surface area contributed by atoms with Crippen molar-refractivity contribution in [2.75, 3.05) is 25.0 Å². The summed E-state index contributed by atoms with van der Waals surface area (Å²) in [5, 5.41) is 9.96. The zero-order valence-corrected chi connectivity index (χ0v) is 15.4. The van der Waals surface area contributed by atoms with Gasteiger partial charge < -0.3 is 14.9 Å². The number of anilines is 1. The molecule has 25 heavy (non-hydrogen) atoms. The van der Waals surface area contributed by atoms with E-state index in [1.54, 1.807) is 16.8 Å². The standard InChI is InChI=1S/C20H28N2O3/c1-13-7-8-16(11-14(13)2)22-10-9-17(20(22)25)19(24)21(3)12-15-5-4-6-18(15)23/h7-8,11,15,17-18,23H,4-6,9-10,12H2,1-3H3. The maximum Gasteiger partial charge on any atom is 0.239 e. The molecule has 1 aromatic carbocycles. The van der Waals surface area contributed by atoms with Gasteiger partial charge in [0.2, 0.25) is 11.8 Å². The Hall–Kier alpha value is -1.88. The van der Waals surface area contributed by atoms with Crippen LogP contribution in [0.4, 0.5) is 5.69 Å². The zero-order chi connectivity index (χ0) is 18.1. The summed E-state index contributed by atoms with van der Waals surface area (Å²) in [5.41, 5.74) is 3.21. The van der Waals surface area contributed by atoms with Crippen molar-refractivity contribution in [3.05, 3.63) is 29.3 Å². The minimum atomic E-state index is -0.592. The second-order valence-electron chi connectivity index (χ2n) is 7.58. The highest BCUT2D eigenvalue weighted by molar-refractivity contribution is 6.09. The molecule has 3 atom stereocenters. The molecule has 1 aliphatic carbocycles. The molecule has 1 aromatic rings. The van der Waals surface area contributed by atoms with Gasteiger partial charge in [-0.05, 0) is 56.4 Å². The minimum Gasteiger partial charge on any atom is -0.393 e. The first-order valence-corrected chi connectivity index (χ1v) is 9.20. The first kappa shape index (κ1) is 17.9. The van der Waals surface area contributed by atoms with Crippen LogP contribution in [0.15, 0.2) is 18.2 Å². The quantitative estimate of drug-likeness (QED) is 0.853. The smallest absolute Gasteiger partial charge is 0.239 e. The van der Waals surface area contributed by atoms with Crippen LogP contribution in [-0.4, -0.2) is 48.1 Å². The van der Waals surface area contributed by atoms with Crippen LogP contribution in [0.1, 0.15) is 36.8 Å². The molecule has 1 aliphatic heterocycles. The van der Waals surface area contributed by atoms with Crippen molar-refractivity contribution in [2.45, 2.75) is 45.6 Å². The van der Waals surface area contributed by atoms with Crippen LogP contribution in [0.25, 0.3) is 0 Å². The summed E-state index contributed by atoms with van der Waals surface area (Å²) < 4.78 is 0. The third-order valence-corrected chi connectivity index (χ3v) is 5.81. The van der Waals surface area contributed by atoms with Crippen molar-refractivity contribution in [3.8, 4) is 0 Å². The van der Waals surface area contributed by atoms with E-state index in [-0.39, 0.29) is 23.8 Å². The Labute approximate surface area is 149 Å². The molecule has 5 nitrogen and oxygen atoms in total. The Morgan fingerprint density at radius 1 is 1.24 bits per heavy atom. The fourth-order valence-corrected chi connectivity index (χ4v) is 4.00. The number of amides is 2. The van der Waals surface area contributed by atoms with Gasteiger partial charge in [0.05, 0.1) is 6.10 Å². The first-order chi connectivity index (χ1) is 11.9. The van der Waals surface area contributed by atoms with Gasteiger partial charge in [0.1, 0.15) is 5.92 Å². The number of aliphatic hydroxyl groups excluding tert-OH is 1. The van der Waals surface area contributed by atoms with Crippen molar-refractivity contribution < 1.29 is 14.7 Å². The number of carbonyl (C=O) groups excluding carboxylic acids is 2. The van der Waals surface area contributed by atoms with Gasteiger partial charge in [0, 0.05) is 31.7 Å². The predicted octanol–water partition coefficient (Wildman–Crippen LogP) is 2.28. The van der Waals surface area contributed by atoms with Gasteiger partial charge in [0.25, 0.3) is 0 Å². The molecule has 1 heterocycles. The molecule has 2 amide bonds. The van der Waals surface area contributed by atoms with E-state index in [4.69, 9.17) is 0 Å². The molecule has 3 rings (SSSR count). The average molecular weight is 344 g/mol. The molecular weight excluding hydrogens is 316 g/mol. The number of carbonyl (C=O) groups is 2. The number of aryl methyl sites for hydroxylation is 2. The molecule has 2 aliphatic rings. The highest BCUT2D eigenvalue weighted by atomic mass is 16.3. The third kappa shape index (κ3) is 3.56. The van der Waals surface area contributed by atoms with Crippen molar-refractivity contribution in [3.63, 3.8) is 0 Å². The lowest BCUT2D eigenvalue weighted by Crippen LogP contribution is -2.41. The van der Waals surface area contributed by atoms with Crippen LogP contribution in [0.3, 0.4) is 0 Å². The van der Waals surface area contributed by atoms with E-state index < -0.39 is 5.92 Å². The van der Waals surface area contributed by atoms with Gasteiger partial charge in [-0.25, -0.2) is 0 Å². The molecule has 5 heteroatoms. The second-order valence-corrected chi connectivity index (χ2v) is 7.58. The molecule has 0 spiro atoms. The summed E-state index contributed by atoms with van der Waals surface area (Å²) in [7, 11) is 1.75. The number of benzene rings is 1. The van der Waals surface area contributed by atoms with E-state index >= 15 is 0 Å². The minimum absolute atomic E-state index is 0.105. The van der Waals surface area contributed by atoms with E-state index in [0.29, 0.717) is 19.5 Å². The molecule has 0 aromatic heterocycles. The van der Waals surface area contributed by atoms with E-state index in [2.05, 4.69) is 0 Å². The van der Waals surface area contributed by atoms with Crippen molar-refractivity contribution in [2.24, 2.45) is 11.8 Å². The van der Waals surface area contributed by atoms with Crippen molar-refractivity contribution in [1.29, 1.82) is 0 Å². The number of aliphatic hydroxyl groups is 1. The predicted molar refractivity (Wildman–Crippen MR) is 97.4 cm³/mol. The third-order valence-electron chi connectivity index (χ3n) is 5.81. The fourth-order valence-electron chi connectivity index (χ4n) is 4.00. The summed E-state index contributed by atoms with van der Waals surface area (Å²) in [6.07, 6.45) is 3.02. The molecule has 136 valence electrons. The lowest BCUT2D eigenvalue weighted by atomic mass is 10.0. The number of hydrogen-bond acceptors (Lipinski definition) is 3. The number of rotatable bonds is 4. The lowest BCUT2D eigenvalue weighted by molar-refractivity contribution is -0.139. The Balaban J connectivity index is 1.66. The van der Waals surface area contributed by atoms with E-state index in [0.717, 1.165) is 30.5 Å². The van der Waals surface area contributed by atoms with Gasteiger partial charge in [-0.15, -0.1) is 0 Å². The molecule has 0 radical (unpaired) electrons. The molecular formula is C20H28N2O3. The van der Waals surface area contributed by atoms with Gasteiger partial charge in [-0.1, -0.05) is 12.5 Å². The highest BCUT2D eigenvalue weighted by Crippen LogP contribution is 2.30. The Kier molecular flexibility index (Phi) is 5.13. The fraction of sp³-hybridized carbons (Fsp3) is 0.600. The molecule has 0 bridgehead atoms. The van der Waals surface area contributed by atoms with Crippen LogP contribution in [-0.2, 0) is 9.59 Å². The second kappa shape index (κ2) is 7.16. The molecule has 1 N–H and O–H groups in total. The molecule has 2 fully saturated rings. The summed E-state index contributed by atoms with van der Waals surface area (Å²) in [6.45, 7) is 5.19. The number of hydrogen-bond donors (Lipinski definition) is 1. The average Bonchev–Trinajstić information content (AvgIpc) is 3.15. The van der Waals surface area contributed by atoms with Gasteiger partial charge >= 0.3 is 0 Å². The van der Waals surface area contributed by atoms with E-state index in [1.165, 1.54) is 5.56 Å². The van der Waals surface area contributed by atoms with E-state index in [9.17, 15) is 14.7 Å². The first-order valence-electron chi connectivity index (χ1n) is 9.20. The van der Waals surface area contributed by atoms with Crippen LogP contribution >= 0.6 is 0 Å². The summed E-state index contributed by atoms with van der Waals surface area (Å²) in [5.74, 6) is -0.672. The molecule has 3 unspecified atom stereocenters. The zero-order valence-electron chi connectivity index (χ0n) is 15.4. The lowest BCUT2D eigenvalue weighted by Gasteiger charge is -2.25.